The van der Waals surface area contributed by atoms with Gasteiger partial charge in [-0.1, -0.05) is 36.4 Å². The Morgan fingerprint density at radius 3 is 2.25 bits per heavy atom. The van der Waals surface area contributed by atoms with E-state index in [0.717, 1.165) is 8.47 Å². The number of rotatable bonds is 4. The van der Waals surface area contributed by atoms with E-state index in [9.17, 15) is 19.2 Å². The molecule has 1 N–H and O–H groups in total. The molecule has 7 nitrogen and oxygen atoms in total. The number of urea groups is 1. The predicted molar refractivity (Wildman–Crippen MR) is 126 cm³/mol. The van der Waals surface area contributed by atoms with Gasteiger partial charge in [0.05, 0.1) is 11.3 Å². The number of hydrogen-bond acceptors (Lipinski definition) is 5. The molecule has 3 aromatic carbocycles. The van der Waals surface area contributed by atoms with Gasteiger partial charge in [-0.05, 0) is 71.1 Å². The summed E-state index contributed by atoms with van der Waals surface area (Å²) in [6.45, 7) is 0. The molecule has 0 aromatic heterocycles. The Balaban J connectivity index is 1.67. The second-order valence-electron chi connectivity index (χ2n) is 6.73. The minimum Gasteiger partial charge on any atom is -0.422 e. The van der Waals surface area contributed by atoms with Crippen LogP contribution < -0.4 is 15.0 Å². The van der Waals surface area contributed by atoms with Gasteiger partial charge in [-0.25, -0.2) is 14.5 Å². The third-order valence-corrected chi connectivity index (χ3v) is 5.34. The van der Waals surface area contributed by atoms with Crippen molar-refractivity contribution in [1.29, 1.82) is 0 Å². The Morgan fingerprint density at radius 1 is 0.875 bits per heavy atom. The zero-order valence-corrected chi connectivity index (χ0v) is 18.6. The van der Waals surface area contributed by atoms with Crippen LogP contribution in [0.4, 0.5) is 10.5 Å². The Kier molecular flexibility index (Phi) is 6.13. The van der Waals surface area contributed by atoms with Gasteiger partial charge in [-0.3, -0.25) is 14.9 Å². The average molecular weight is 538 g/mol. The van der Waals surface area contributed by atoms with E-state index in [2.05, 4.69) is 27.9 Å². The fraction of sp³-hybridized carbons (Fsp3) is 0. The van der Waals surface area contributed by atoms with E-state index in [1.165, 1.54) is 6.08 Å². The molecule has 0 radical (unpaired) electrons. The van der Waals surface area contributed by atoms with E-state index in [0.29, 0.717) is 16.8 Å². The largest absolute Gasteiger partial charge is 0.422 e. The van der Waals surface area contributed by atoms with Crippen molar-refractivity contribution in [2.24, 2.45) is 0 Å². The second-order valence-corrected chi connectivity index (χ2v) is 7.97. The number of anilines is 1. The molecule has 1 aliphatic rings. The molecule has 32 heavy (non-hydrogen) atoms. The molecule has 1 heterocycles. The number of nitrogens with zero attached hydrogens (tertiary/aromatic N) is 1. The van der Waals surface area contributed by atoms with Gasteiger partial charge in [0.1, 0.15) is 11.3 Å². The lowest BCUT2D eigenvalue weighted by Crippen LogP contribution is -2.54. The van der Waals surface area contributed by atoms with Crippen LogP contribution in [0.25, 0.3) is 6.08 Å². The first-order valence-electron chi connectivity index (χ1n) is 9.47. The van der Waals surface area contributed by atoms with Crippen LogP contribution in [0.1, 0.15) is 15.9 Å². The molecule has 1 saturated heterocycles. The molecule has 0 aliphatic carbocycles. The van der Waals surface area contributed by atoms with Crippen molar-refractivity contribution < 1.29 is 23.9 Å². The smallest absolute Gasteiger partial charge is 0.343 e. The first-order valence-corrected chi connectivity index (χ1v) is 10.6. The summed E-state index contributed by atoms with van der Waals surface area (Å²) >= 11 is 2.11. The van der Waals surface area contributed by atoms with Crippen LogP contribution in [0.5, 0.6) is 5.75 Å². The lowest BCUT2D eigenvalue weighted by molar-refractivity contribution is -0.122. The molecular formula is C24H15IN2O5. The summed E-state index contributed by atoms with van der Waals surface area (Å²) in [4.78, 5) is 51.2. The fourth-order valence-corrected chi connectivity index (χ4v) is 3.42. The van der Waals surface area contributed by atoms with Crippen LogP contribution in [-0.2, 0) is 9.59 Å². The number of amides is 4. The number of halogens is 1. The summed E-state index contributed by atoms with van der Waals surface area (Å²) in [5, 5.41) is 2.18. The number of carbonyl (C=O) groups is 4. The van der Waals surface area contributed by atoms with E-state index in [-0.39, 0.29) is 11.3 Å². The van der Waals surface area contributed by atoms with E-state index in [1.807, 2.05) is 0 Å². The lowest BCUT2D eigenvalue weighted by Gasteiger charge is -2.26. The molecule has 3 aromatic rings. The first-order chi connectivity index (χ1) is 15.4. The Hall–Kier alpha value is -3.79. The zero-order valence-electron chi connectivity index (χ0n) is 16.4. The number of hydrogen-bond donors (Lipinski definition) is 1. The van der Waals surface area contributed by atoms with Gasteiger partial charge >= 0.3 is 12.0 Å². The van der Waals surface area contributed by atoms with Crippen LogP contribution in [0.15, 0.2) is 84.4 Å². The number of carbonyl (C=O) groups excluding carboxylic acids is 4. The van der Waals surface area contributed by atoms with Crippen molar-refractivity contribution in [2.75, 3.05) is 4.90 Å². The molecule has 0 unspecified atom stereocenters. The second kappa shape index (κ2) is 9.15. The Bertz CT molecular complexity index is 1250. The molecule has 158 valence electrons. The third kappa shape index (κ3) is 4.45. The maximum atomic E-state index is 13.1. The molecule has 1 fully saturated rings. The highest BCUT2D eigenvalue weighted by Gasteiger charge is 2.37. The molecule has 4 rings (SSSR count). The number of ether oxygens (including phenoxy) is 1. The summed E-state index contributed by atoms with van der Waals surface area (Å²) < 4.78 is 6.41. The van der Waals surface area contributed by atoms with E-state index in [4.69, 9.17) is 4.74 Å². The fourth-order valence-electron chi connectivity index (χ4n) is 3.06. The maximum Gasteiger partial charge on any atom is 0.343 e. The van der Waals surface area contributed by atoms with E-state index in [1.54, 1.807) is 78.9 Å². The van der Waals surface area contributed by atoms with E-state index < -0.39 is 23.8 Å². The van der Waals surface area contributed by atoms with Crippen molar-refractivity contribution in [1.82, 2.24) is 5.32 Å². The van der Waals surface area contributed by atoms with Gasteiger partial charge in [-0.2, -0.15) is 0 Å². The van der Waals surface area contributed by atoms with Crippen molar-refractivity contribution >= 4 is 58.2 Å². The summed E-state index contributed by atoms with van der Waals surface area (Å²) in [6, 6.07) is 20.8. The highest BCUT2D eigenvalue weighted by atomic mass is 127. The van der Waals surface area contributed by atoms with Crippen molar-refractivity contribution in [3.8, 4) is 5.75 Å². The number of imide groups is 2. The quantitative estimate of drug-likeness (QED) is 0.177. The molecule has 4 amide bonds. The van der Waals surface area contributed by atoms with Gasteiger partial charge in [0.15, 0.2) is 0 Å². The van der Waals surface area contributed by atoms with Crippen molar-refractivity contribution in [3.05, 3.63) is 99.1 Å². The zero-order chi connectivity index (χ0) is 22.7. The SMILES string of the molecule is O=C1NC(=O)N(c2ccc(I)cc2)C(=O)/C1=C\c1ccccc1OC(=O)c1ccccc1. The van der Waals surface area contributed by atoms with Crippen LogP contribution in [0.3, 0.4) is 0 Å². The topological polar surface area (TPSA) is 92.8 Å². The number of para-hydroxylation sites is 1. The van der Waals surface area contributed by atoms with Crippen LogP contribution >= 0.6 is 22.6 Å². The summed E-state index contributed by atoms with van der Waals surface area (Å²) in [5.41, 5.74) is 0.769. The minimum atomic E-state index is -0.831. The van der Waals surface area contributed by atoms with Gasteiger partial charge in [0.2, 0.25) is 0 Å². The number of barbiturate groups is 1. The molecule has 1 aliphatic heterocycles. The Labute approximate surface area is 196 Å². The highest BCUT2D eigenvalue weighted by molar-refractivity contribution is 14.1. The summed E-state index contributed by atoms with van der Waals surface area (Å²) in [5.74, 6) is -2.01. The molecule has 0 saturated carbocycles. The number of nitrogens with one attached hydrogen (secondary N) is 1. The van der Waals surface area contributed by atoms with Crippen LogP contribution in [-0.4, -0.2) is 23.8 Å². The van der Waals surface area contributed by atoms with Gasteiger partial charge in [0.25, 0.3) is 11.8 Å². The van der Waals surface area contributed by atoms with E-state index >= 15 is 0 Å². The van der Waals surface area contributed by atoms with Gasteiger partial charge < -0.3 is 4.74 Å². The summed E-state index contributed by atoms with van der Waals surface area (Å²) in [6.07, 6.45) is 1.30. The predicted octanol–water partition coefficient (Wildman–Crippen LogP) is 4.18. The molecule has 8 heteroatoms. The van der Waals surface area contributed by atoms with Crippen LogP contribution in [0, 0.1) is 3.57 Å². The van der Waals surface area contributed by atoms with Crippen molar-refractivity contribution in [2.45, 2.75) is 0 Å². The molecule has 0 bridgehead atoms. The first kappa shape index (κ1) is 21.4. The lowest BCUT2D eigenvalue weighted by atomic mass is 10.1. The minimum absolute atomic E-state index is 0.173. The maximum absolute atomic E-state index is 13.1. The average Bonchev–Trinajstić information content (AvgIpc) is 2.79. The van der Waals surface area contributed by atoms with Gasteiger partial charge in [-0.15, -0.1) is 0 Å². The normalized spacial score (nSPS) is 15.0. The summed E-state index contributed by atoms with van der Waals surface area (Å²) in [7, 11) is 0. The Morgan fingerprint density at radius 2 is 1.53 bits per heavy atom. The van der Waals surface area contributed by atoms with Gasteiger partial charge in [0, 0.05) is 9.13 Å². The molecular weight excluding hydrogens is 523 g/mol. The monoisotopic (exact) mass is 538 g/mol. The number of esters is 1. The molecule has 0 atom stereocenters. The standard InChI is InChI=1S/C24H15IN2O5/c25-17-10-12-18(13-11-17)27-22(29)19(21(28)26-24(27)31)14-16-8-4-5-9-20(16)32-23(30)15-6-2-1-3-7-15/h1-14H,(H,26,28,31)/b19-14-. The van der Waals surface area contributed by atoms with Crippen LogP contribution in [0.2, 0.25) is 0 Å². The third-order valence-electron chi connectivity index (χ3n) is 4.62. The van der Waals surface area contributed by atoms with Crippen molar-refractivity contribution in [3.63, 3.8) is 0 Å². The number of benzene rings is 3. The highest BCUT2D eigenvalue weighted by Crippen LogP contribution is 2.26. The molecule has 0 spiro atoms.